The van der Waals surface area contributed by atoms with E-state index in [1.165, 1.54) is 12.1 Å². The fraction of sp³-hybridized carbons (Fsp3) is 0.360. The second kappa shape index (κ2) is 10.5. The Morgan fingerprint density at radius 1 is 1.11 bits per heavy atom. The van der Waals surface area contributed by atoms with E-state index < -0.39 is 17.6 Å². The minimum atomic E-state index is -4.53. The number of nitrogens with zero attached hydrogens (tertiary/aromatic N) is 4. The molecular formula is C25H28F3N5O2. The summed E-state index contributed by atoms with van der Waals surface area (Å²) < 4.78 is 45.9. The smallest absolute Gasteiger partial charge is 0.416 e. The molecule has 0 unspecified atom stereocenters. The third kappa shape index (κ3) is 6.20. The molecule has 186 valence electrons. The highest BCUT2D eigenvalue weighted by atomic mass is 19.4. The lowest BCUT2D eigenvalue weighted by molar-refractivity contribution is -0.137. The molecule has 1 fully saturated rings. The van der Waals surface area contributed by atoms with Crippen molar-refractivity contribution in [1.29, 1.82) is 0 Å². The van der Waals surface area contributed by atoms with Gasteiger partial charge in [0.2, 0.25) is 0 Å². The van der Waals surface area contributed by atoms with E-state index in [0.29, 0.717) is 30.1 Å². The molecule has 1 aliphatic rings. The van der Waals surface area contributed by atoms with Crippen molar-refractivity contribution in [2.24, 2.45) is 0 Å². The fourth-order valence-electron chi connectivity index (χ4n) is 3.95. The zero-order chi connectivity index (χ0) is 25.0. The molecule has 35 heavy (non-hydrogen) atoms. The van der Waals surface area contributed by atoms with Crippen molar-refractivity contribution in [3.05, 3.63) is 66.2 Å². The summed E-state index contributed by atoms with van der Waals surface area (Å²) in [5.74, 6) is -0.174. The van der Waals surface area contributed by atoms with Crippen molar-refractivity contribution in [2.45, 2.75) is 6.18 Å². The first-order valence-electron chi connectivity index (χ1n) is 11.4. The molecule has 1 aliphatic heterocycles. The number of hydrogen-bond acceptors (Lipinski definition) is 6. The Hall–Kier alpha value is -3.37. The van der Waals surface area contributed by atoms with Crippen LogP contribution in [-0.2, 0) is 6.18 Å². The number of carbonyl (C=O) groups excluding carboxylic acids is 1. The molecule has 10 heteroatoms. The molecule has 0 aliphatic carbocycles. The first-order valence-corrected chi connectivity index (χ1v) is 11.4. The Bertz CT molecular complexity index is 1140. The summed E-state index contributed by atoms with van der Waals surface area (Å²) in [5.41, 5.74) is 0.527. The van der Waals surface area contributed by atoms with Crippen molar-refractivity contribution < 1.29 is 22.4 Å². The molecule has 0 bridgehead atoms. The summed E-state index contributed by atoms with van der Waals surface area (Å²) in [7, 11) is 4.04. The number of anilines is 2. The van der Waals surface area contributed by atoms with E-state index >= 15 is 0 Å². The Kier molecular flexibility index (Phi) is 7.42. The standard InChI is InChI=1S/C25H28F3N5O2/c1-31(2)10-11-32-12-14-33(15-13-32)21-6-5-19(25(26,27)28)16-20(21)30-24(34)23-8-7-22(35-23)18-4-3-9-29-17-18/h3-9,16-17H,10-15H2,1-2H3,(H,30,34). The number of nitrogens with one attached hydrogen (secondary N) is 1. The maximum absolute atomic E-state index is 13.4. The Morgan fingerprint density at radius 3 is 2.54 bits per heavy atom. The molecule has 3 heterocycles. The molecule has 1 amide bonds. The van der Waals surface area contributed by atoms with Gasteiger partial charge in [0.25, 0.3) is 5.91 Å². The number of benzene rings is 1. The SMILES string of the molecule is CN(C)CCN1CCN(c2ccc(C(F)(F)F)cc2NC(=O)c2ccc(-c3cccnc3)o2)CC1. The number of rotatable bonds is 7. The average molecular weight is 488 g/mol. The molecule has 1 aromatic carbocycles. The highest BCUT2D eigenvalue weighted by molar-refractivity contribution is 6.04. The van der Waals surface area contributed by atoms with E-state index in [1.807, 2.05) is 19.0 Å². The van der Waals surface area contributed by atoms with E-state index in [0.717, 1.165) is 38.3 Å². The van der Waals surface area contributed by atoms with Gasteiger partial charge in [-0.1, -0.05) is 0 Å². The number of furan rings is 1. The summed E-state index contributed by atoms with van der Waals surface area (Å²) in [4.78, 5) is 23.4. The first kappa shape index (κ1) is 24.7. The van der Waals surface area contributed by atoms with Crippen molar-refractivity contribution >= 4 is 17.3 Å². The summed E-state index contributed by atoms with van der Waals surface area (Å²) >= 11 is 0. The monoisotopic (exact) mass is 487 g/mol. The second-order valence-electron chi connectivity index (χ2n) is 8.72. The van der Waals surface area contributed by atoms with Crippen LogP contribution in [0.1, 0.15) is 16.1 Å². The third-order valence-corrected chi connectivity index (χ3v) is 5.92. The van der Waals surface area contributed by atoms with Gasteiger partial charge in [0.1, 0.15) is 5.76 Å². The summed E-state index contributed by atoms with van der Waals surface area (Å²) in [5, 5.41) is 2.64. The van der Waals surface area contributed by atoms with Crippen LogP contribution in [0, 0.1) is 0 Å². The van der Waals surface area contributed by atoms with Gasteiger partial charge in [-0.25, -0.2) is 0 Å². The van der Waals surface area contributed by atoms with Crippen molar-refractivity contribution in [3.8, 4) is 11.3 Å². The summed E-state index contributed by atoms with van der Waals surface area (Å²) in [6.07, 6.45) is -1.30. The topological polar surface area (TPSA) is 64.8 Å². The van der Waals surface area contributed by atoms with Gasteiger partial charge >= 0.3 is 6.18 Å². The van der Waals surface area contributed by atoms with E-state index in [9.17, 15) is 18.0 Å². The minimum Gasteiger partial charge on any atom is -0.451 e. The predicted molar refractivity (Wildman–Crippen MR) is 129 cm³/mol. The Balaban J connectivity index is 1.53. The molecule has 0 saturated carbocycles. The molecule has 7 nitrogen and oxygen atoms in total. The van der Waals surface area contributed by atoms with Gasteiger partial charge in [0.15, 0.2) is 5.76 Å². The highest BCUT2D eigenvalue weighted by Gasteiger charge is 2.32. The lowest BCUT2D eigenvalue weighted by atomic mass is 10.1. The average Bonchev–Trinajstić information content (AvgIpc) is 3.34. The van der Waals surface area contributed by atoms with Gasteiger partial charge in [-0.3, -0.25) is 14.7 Å². The molecule has 2 aromatic heterocycles. The number of aromatic nitrogens is 1. The lowest BCUT2D eigenvalue weighted by Gasteiger charge is -2.37. The van der Waals surface area contributed by atoms with Gasteiger partial charge in [0.05, 0.1) is 16.9 Å². The normalized spacial score (nSPS) is 15.0. The molecule has 0 radical (unpaired) electrons. The van der Waals surface area contributed by atoms with Crippen LogP contribution in [-0.4, -0.2) is 74.1 Å². The summed E-state index contributed by atoms with van der Waals surface area (Å²) in [6.45, 7) is 4.73. The van der Waals surface area contributed by atoms with Crippen LogP contribution in [0.4, 0.5) is 24.5 Å². The van der Waals surface area contributed by atoms with Crippen molar-refractivity contribution in [2.75, 3.05) is 63.6 Å². The third-order valence-electron chi connectivity index (χ3n) is 5.92. The highest BCUT2D eigenvalue weighted by Crippen LogP contribution is 2.36. The van der Waals surface area contributed by atoms with Crippen molar-refractivity contribution in [3.63, 3.8) is 0 Å². The number of piperazine rings is 1. The van der Waals surface area contributed by atoms with Crippen LogP contribution in [0.2, 0.25) is 0 Å². The zero-order valence-corrected chi connectivity index (χ0v) is 19.7. The van der Waals surface area contributed by atoms with E-state index in [4.69, 9.17) is 4.42 Å². The fourth-order valence-corrected chi connectivity index (χ4v) is 3.95. The van der Waals surface area contributed by atoms with Gasteiger partial charge < -0.3 is 19.5 Å². The first-order chi connectivity index (χ1) is 16.7. The van der Waals surface area contributed by atoms with E-state index in [1.54, 1.807) is 30.6 Å². The number of amides is 1. The Morgan fingerprint density at radius 2 is 1.89 bits per heavy atom. The maximum Gasteiger partial charge on any atom is 0.416 e. The number of carbonyl (C=O) groups is 1. The van der Waals surface area contributed by atoms with Gasteiger partial charge in [-0.05, 0) is 56.6 Å². The molecule has 0 atom stereocenters. The maximum atomic E-state index is 13.4. The largest absolute Gasteiger partial charge is 0.451 e. The van der Waals surface area contributed by atoms with Crippen LogP contribution >= 0.6 is 0 Å². The molecule has 4 rings (SSSR count). The van der Waals surface area contributed by atoms with Gasteiger partial charge in [0, 0.05) is 57.2 Å². The lowest BCUT2D eigenvalue weighted by Crippen LogP contribution is -2.48. The van der Waals surface area contributed by atoms with Crippen molar-refractivity contribution in [1.82, 2.24) is 14.8 Å². The molecule has 3 aromatic rings. The minimum absolute atomic E-state index is 0.000666. The number of halogens is 3. The van der Waals surface area contributed by atoms with Gasteiger partial charge in [-0.15, -0.1) is 0 Å². The number of likely N-dealkylation sites (N-methyl/N-ethyl adjacent to an activating group) is 1. The van der Waals surface area contributed by atoms with E-state index in [-0.39, 0.29) is 11.4 Å². The molecule has 1 saturated heterocycles. The number of hydrogen-bond donors (Lipinski definition) is 1. The van der Waals surface area contributed by atoms with Crippen LogP contribution in [0.25, 0.3) is 11.3 Å². The van der Waals surface area contributed by atoms with Gasteiger partial charge in [-0.2, -0.15) is 13.2 Å². The van der Waals surface area contributed by atoms with E-state index in [2.05, 4.69) is 20.1 Å². The zero-order valence-electron chi connectivity index (χ0n) is 19.7. The molecular weight excluding hydrogens is 459 g/mol. The molecule has 0 spiro atoms. The van der Waals surface area contributed by atoms with Crippen LogP contribution in [0.15, 0.2) is 59.3 Å². The van der Waals surface area contributed by atoms with Crippen LogP contribution in [0.5, 0.6) is 0 Å². The molecule has 1 N–H and O–H groups in total. The predicted octanol–water partition coefficient (Wildman–Crippen LogP) is 4.30. The number of alkyl halides is 3. The quantitative estimate of drug-likeness (QED) is 0.536. The summed E-state index contributed by atoms with van der Waals surface area (Å²) in [6, 6.07) is 10.1. The second-order valence-corrected chi connectivity index (χ2v) is 8.72. The number of pyridine rings is 1. The van der Waals surface area contributed by atoms with Crippen LogP contribution in [0.3, 0.4) is 0 Å². The Labute approximate surface area is 202 Å². The van der Waals surface area contributed by atoms with Crippen LogP contribution < -0.4 is 10.2 Å².